The maximum atomic E-state index is 6.06. The van der Waals surface area contributed by atoms with E-state index in [0.29, 0.717) is 6.54 Å². The van der Waals surface area contributed by atoms with Gasteiger partial charge in [0.25, 0.3) is 0 Å². The van der Waals surface area contributed by atoms with Crippen LogP contribution in [0.4, 0.5) is 0 Å². The maximum Gasteiger partial charge on any atom is 0.234 e. The fourth-order valence-corrected chi connectivity index (χ4v) is 3.57. The van der Waals surface area contributed by atoms with Crippen molar-refractivity contribution in [2.24, 2.45) is 10.7 Å². The molecule has 0 atom stereocenters. The van der Waals surface area contributed by atoms with Crippen molar-refractivity contribution in [1.82, 2.24) is 9.46 Å². The van der Waals surface area contributed by atoms with Gasteiger partial charge in [0.05, 0.1) is 17.1 Å². The second kappa shape index (κ2) is 8.93. The number of hydrogen-bond donors (Lipinski definition) is 1. The van der Waals surface area contributed by atoms with Gasteiger partial charge in [-0.1, -0.05) is 36.4 Å². The van der Waals surface area contributed by atoms with Crippen LogP contribution in [0.1, 0.15) is 24.6 Å². The van der Waals surface area contributed by atoms with Crippen molar-refractivity contribution in [2.45, 2.75) is 13.3 Å². The largest absolute Gasteiger partial charge is 0.403 e. The third kappa shape index (κ3) is 4.26. The van der Waals surface area contributed by atoms with Crippen LogP contribution in [0.15, 0.2) is 95.4 Å². The molecule has 2 N–H and O–H groups in total. The Labute approximate surface area is 178 Å². The van der Waals surface area contributed by atoms with Crippen molar-refractivity contribution >= 4 is 25.3 Å². The van der Waals surface area contributed by atoms with E-state index in [0.717, 1.165) is 51.5 Å². The van der Waals surface area contributed by atoms with Crippen LogP contribution in [-0.2, 0) is 0 Å². The molecule has 4 rings (SSSR count). The van der Waals surface area contributed by atoms with Gasteiger partial charge in [0.1, 0.15) is 0 Å². The van der Waals surface area contributed by atoms with Crippen molar-refractivity contribution in [2.75, 3.05) is 6.54 Å². The van der Waals surface area contributed by atoms with Gasteiger partial charge in [-0.25, -0.2) is 4.99 Å². The van der Waals surface area contributed by atoms with Crippen molar-refractivity contribution in [3.05, 3.63) is 102 Å². The highest BCUT2D eigenvalue weighted by atomic mass is 14.9. The van der Waals surface area contributed by atoms with E-state index in [2.05, 4.69) is 48.3 Å². The number of benzene rings is 1. The normalized spacial score (nSPS) is 15.4. The minimum atomic E-state index is 0.542. The molecule has 0 amide bonds. The third-order valence-electron chi connectivity index (χ3n) is 5.07. The first-order valence-electron chi connectivity index (χ1n) is 9.98. The number of allylic oxidation sites excluding steroid dienone is 3. The number of rotatable bonds is 6. The summed E-state index contributed by atoms with van der Waals surface area (Å²) in [6, 6.07) is 18.2. The van der Waals surface area contributed by atoms with E-state index in [-0.39, 0.29) is 0 Å². The molecule has 1 aliphatic heterocycles. The fourth-order valence-electron chi connectivity index (χ4n) is 3.57. The van der Waals surface area contributed by atoms with Gasteiger partial charge in [-0.05, 0) is 73.6 Å². The number of nitrogens with zero attached hydrogens (tertiary/aromatic N) is 3. The Morgan fingerprint density at radius 3 is 2.57 bits per heavy atom. The molecule has 0 saturated heterocycles. The average Bonchev–Trinajstić information content (AvgIpc) is 3.37. The van der Waals surface area contributed by atoms with E-state index < -0.39 is 0 Å². The number of aromatic nitrogens is 2. The van der Waals surface area contributed by atoms with Gasteiger partial charge in [-0.3, -0.25) is 4.98 Å². The molecular formula is C25H23BN4. The predicted molar refractivity (Wildman–Crippen MR) is 126 cm³/mol. The van der Waals surface area contributed by atoms with Crippen LogP contribution in [0.2, 0.25) is 0 Å². The molecule has 146 valence electrons. The number of aliphatic imine (C=N–C) groups is 1. The van der Waals surface area contributed by atoms with E-state index in [1.807, 2.05) is 48.8 Å². The molecule has 30 heavy (non-hydrogen) atoms. The Morgan fingerprint density at radius 2 is 1.90 bits per heavy atom. The minimum absolute atomic E-state index is 0.542. The summed E-state index contributed by atoms with van der Waals surface area (Å²) in [4.78, 5) is 9.24. The Morgan fingerprint density at radius 1 is 1.07 bits per heavy atom. The van der Waals surface area contributed by atoms with Crippen LogP contribution >= 0.6 is 0 Å². The van der Waals surface area contributed by atoms with Gasteiger partial charge in [-0.2, -0.15) is 0 Å². The monoisotopic (exact) mass is 390 g/mol. The van der Waals surface area contributed by atoms with Crippen LogP contribution in [-0.4, -0.2) is 29.7 Å². The van der Waals surface area contributed by atoms with Gasteiger partial charge in [0.15, 0.2) is 0 Å². The molecule has 0 fully saturated rings. The molecule has 0 spiro atoms. The first-order valence-corrected chi connectivity index (χ1v) is 9.98. The zero-order chi connectivity index (χ0) is 20.9. The molecule has 1 aromatic carbocycles. The molecule has 2 radical (unpaired) electrons. The van der Waals surface area contributed by atoms with E-state index in [4.69, 9.17) is 18.7 Å². The van der Waals surface area contributed by atoms with Crippen LogP contribution in [0.3, 0.4) is 0 Å². The summed E-state index contributed by atoms with van der Waals surface area (Å²) in [5, 5.41) is 0. The molecular weight excluding hydrogens is 367 g/mol. The first-order chi connectivity index (χ1) is 14.7. The van der Waals surface area contributed by atoms with Crippen molar-refractivity contribution < 1.29 is 0 Å². The molecule has 2 aromatic heterocycles. The summed E-state index contributed by atoms with van der Waals surface area (Å²) in [5.41, 5.74) is 14.0. The van der Waals surface area contributed by atoms with E-state index in [1.54, 1.807) is 4.48 Å². The molecule has 0 aliphatic carbocycles. The zero-order valence-corrected chi connectivity index (χ0v) is 17.0. The highest BCUT2D eigenvalue weighted by Gasteiger charge is 2.16. The SMILES string of the molecule is [B]n1cccc1/C(CCN)=C1N=C(/C=C/c2ccc(-c3ccccn3)cc2)C=C\1C. The average molecular weight is 390 g/mol. The molecule has 4 nitrogen and oxygen atoms in total. The maximum absolute atomic E-state index is 6.06. The summed E-state index contributed by atoms with van der Waals surface area (Å²) in [5.74, 6) is 0. The summed E-state index contributed by atoms with van der Waals surface area (Å²) >= 11 is 0. The lowest BCUT2D eigenvalue weighted by molar-refractivity contribution is 0.997. The molecule has 5 heteroatoms. The summed E-state index contributed by atoms with van der Waals surface area (Å²) < 4.78 is 1.62. The summed E-state index contributed by atoms with van der Waals surface area (Å²) in [6.07, 6.45) is 10.6. The second-order valence-corrected chi connectivity index (χ2v) is 7.20. The molecule has 0 unspecified atom stereocenters. The van der Waals surface area contributed by atoms with Crippen molar-refractivity contribution in [3.63, 3.8) is 0 Å². The van der Waals surface area contributed by atoms with E-state index in [1.165, 1.54) is 0 Å². The number of hydrogen-bond acceptors (Lipinski definition) is 3. The van der Waals surface area contributed by atoms with Gasteiger partial charge in [0, 0.05) is 23.0 Å². The Hall–Kier alpha value is -3.44. The van der Waals surface area contributed by atoms with Crippen molar-refractivity contribution in [1.29, 1.82) is 0 Å². The minimum Gasteiger partial charge on any atom is -0.403 e. The molecule has 0 saturated carbocycles. The van der Waals surface area contributed by atoms with Crippen LogP contribution in [0.25, 0.3) is 22.9 Å². The lowest BCUT2D eigenvalue weighted by atomic mass is 10.0. The summed E-state index contributed by atoms with van der Waals surface area (Å²) in [6.45, 7) is 2.61. The van der Waals surface area contributed by atoms with Gasteiger partial charge < -0.3 is 10.2 Å². The van der Waals surface area contributed by atoms with Crippen LogP contribution in [0.5, 0.6) is 0 Å². The van der Waals surface area contributed by atoms with Gasteiger partial charge >= 0.3 is 0 Å². The van der Waals surface area contributed by atoms with E-state index >= 15 is 0 Å². The number of nitrogens with two attached hydrogens (primary N) is 1. The highest BCUT2D eigenvalue weighted by molar-refractivity contribution is 6.11. The Kier molecular flexibility index (Phi) is 5.91. The molecule has 0 bridgehead atoms. The molecule has 1 aliphatic rings. The van der Waals surface area contributed by atoms with E-state index in [9.17, 15) is 0 Å². The van der Waals surface area contributed by atoms with Gasteiger partial charge in [0.2, 0.25) is 7.98 Å². The highest BCUT2D eigenvalue weighted by Crippen LogP contribution is 2.31. The lowest BCUT2D eigenvalue weighted by Gasteiger charge is -2.11. The fraction of sp³-hybridized carbons (Fsp3) is 0.120. The van der Waals surface area contributed by atoms with Crippen molar-refractivity contribution in [3.8, 4) is 11.3 Å². The zero-order valence-electron chi connectivity index (χ0n) is 17.0. The molecule has 3 heterocycles. The first kappa shape index (κ1) is 19.9. The second-order valence-electron chi connectivity index (χ2n) is 7.20. The third-order valence-corrected chi connectivity index (χ3v) is 5.07. The van der Waals surface area contributed by atoms with Crippen LogP contribution < -0.4 is 5.73 Å². The quantitative estimate of drug-likeness (QED) is 0.623. The molecule has 3 aromatic rings. The van der Waals surface area contributed by atoms with Crippen LogP contribution in [0, 0.1) is 0 Å². The lowest BCUT2D eigenvalue weighted by Crippen LogP contribution is -2.05. The topological polar surface area (TPSA) is 56.2 Å². The predicted octanol–water partition coefficient (Wildman–Crippen LogP) is 4.66. The Bertz CT molecular complexity index is 1150. The van der Waals surface area contributed by atoms with Gasteiger partial charge in [-0.15, -0.1) is 0 Å². The smallest absolute Gasteiger partial charge is 0.234 e. The Balaban J connectivity index is 1.58. The summed E-state index contributed by atoms with van der Waals surface area (Å²) in [7, 11) is 6.06. The number of pyridine rings is 1. The standard InChI is InChI=1S/C25H23BN4/c1-18-17-21(29-25(18)22(13-14-27)24-6-4-16-30(24)26)12-9-19-7-10-20(11-8-19)23-5-2-3-15-28-23/h2-12,15-17H,13-14,27H2,1H3/b12-9+,25-22-.